The number of aryl methyl sites for hydroxylation is 1. The molecule has 0 spiro atoms. The second-order valence-electron chi connectivity index (χ2n) is 8.47. The minimum atomic E-state index is -4.56. The zero-order chi connectivity index (χ0) is 24.0. The molecule has 0 unspecified atom stereocenters. The third kappa shape index (κ3) is 4.15. The summed E-state index contributed by atoms with van der Waals surface area (Å²) in [7, 11) is 0. The van der Waals surface area contributed by atoms with Crippen molar-refractivity contribution in [2.45, 2.75) is 38.0 Å². The maximum atomic E-state index is 13.5. The molecule has 0 aromatic carbocycles. The molecule has 34 heavy (non-hydrogen) atoms. The van der Waals surface area contributed by atoms with Crippen LogP contribution >= 0.6 is 0 Å². The van der Waals surface area contributed by atoms with Crippen LogP contribution in [0.15, 0.2) is 36.9 Å². The van der Waals surface area contributed by atoms with Crippen LogP contribution < -0.4 is 5.32 Å². The van der Waals surface area contributed by atoms with E-state index in [9.17, 15) is 22.4 Å². The van der Waals surface area contributed by atoms with Crippen molar-refractivity contribution in [3.05, 3.63) is 59.7 Å². The first-order valence-corrected chi connectivity index (χ1v) is 10.6. The smallest absolute Gasteiger partial charge is 0.364 e. The Balaban J connectivity index is 1.37. The van der Waals surface area contributed by atoms with E-state index in [0.29, 0.717) is 24.0 Å². The normalized spacial score (nSPS) is 21.7. The first kappa shape index (κ1) is 22.1. The number of aromatic nitrogens is 5. The number of pyridine rings is 1. The molecule has 4 heterocycles. The molecule has 5 rings (SSSR count). The summed E-state index contributed by atoms with van der Waals surface area (Å²) in [4.78, 5) is 34.9. The van der Waals surface area contributed by atoms with Gasteiger partial charge in [0, 0.05) is 18.3 Å². The Bertz CT molecular complexity index is 1220. The van der Waals surface area contributed by atoms with Crippen LogP contribution in [0.1, 0.15) is 34.6 Å². The van der Waals surface area contributed by atoms with E-state index >= 15 is 0 Å². The van der Waals surface area contributed by atoms with Gasteiger partial charge in [-0.05, 0) is 37.8 Å². The van der Waals surface area contributed by atoms with E-state index in [1.54, 1.807) is 24.0 Å². The number of anilines is 1. The average Bonchev–Trinajstić information content (AvgIpc) is 3.39. The standard InChI is InChI=1S/C22H19F4N7O/c1-11-2-3-14(19(31-11)20-29-6-13(23)7-30-20)21(34)33-10-12-4-15(16(33)5-12)32-18-9-27-17(8-28-18)22(24,25)26/h2-3,6-9,12,15-16H,4-5,10H2,1H3,(H,28,32)/t12-,15+,16-/m0/s1. The molecule has 1 amide bonds. The van der Waals surface area contributed by atoms with Gasteiger partial charge in [-0.15, -0.1) is 0 Å². The summed E-state index contributed by atoms with van der Waals surface area (Å²) in [5.41, 5.74) is 0.164. The first-order valence-electron chi connectivity index (χ1n) is 10.6. The van der Waals surface area contributed by atoms with Gasteiger partial charge in [-0.25, -0.2) is 29.3 Å². The fraction of sp³-hybridized carbons (Fsp3) is 0.364. The van der Waals surface area contributed by atoms with Gasteiger partial charge >= 0.3 is 6.18 Å². The van der Waals surface area contributed by atoms with Crippen LogP contribution in [0.3, 0.4) is 0 Å². The Hall–Kier alpha value is -3.70. The van der Waals surface area contributed by atoms with Crippen molar-refractivity contribution in [3.8, 4) is 11.5 Å². The Morgan fingerprint density at radius 3 is 2.47 bits per heavy atom. The molecule has 3 aromatic rings. The van der Waals surface area contributed by atoms with Crippen LogP contribution in [0.25, 0.3) is 11.5 Å². The highest BCUT2D eigenvalue weighted by Crippen LogP contribution is 2.40. The van der Waals surface area contributed by atoms with Crippen molar-refractivity contribution in [3.63, 3.8) is 0 Å². The van der Waals surface area contributed by atoms with Crippen molar-refractivity contribution in [1.82, 2.24) is 29.8 Å². The van der Waals surface area contributed by atoms with Gasteiger partial charge in [0.25, 0.3) is 5.91 Å². The molecule has 2 fully saturated rings. The number of nitrogens with zero attached hydrogens (tertiary/aromatic N) is 6. The molecule has 12 heteroatoms. The molecule has 1 aliphatic carbocycles. The molecule has 1 saturated heterocycles. The first-order chi connectivity index (χ1) is 16.2. The van der Waals surface area contributed by atoms with Crippen molar-refractivity contribution >= 4 is 11.7 Å². The number of likely N-dealkylation sites (tertiary alicyclic amines) is 1. The van der Waals surface area contributed by atoms with E-state index in [0.717, 1.165) is 31.4 Å². The maximum absolute atomic E-state index is 13.5. The highest BCUT2D eigenvalue weighted by molar-refractivity contribution is 5.99. The fourth-order valence-electron chi connectivity index (χ4n) is 4.64. The van der Waals surface area contributed by atoms with Gasteiger partial charge in [-0.1, -0.05) is 0 Å². The molecule has 1 N–H and O–H groups in total. The Morgan fingerprint density at radius 1 is 1.06 bits per heavy atom. The van der Waals surface area contributed by atoms with Crippen molar-refractivity contribution < 1.29 is 22.4 Å². The van der Waals surface area contributed by atoms with Gasteiger partial charge in [0.1, 0.15) is 11.5 Å². The van der Waals surface area contributed by atoms with Gasteiger partial charge in [-0.2, -0.15) is 13.2 Å². The summed E-state index contributed by atoms with van der Waals surface area (Å²) in [6.07, 6.45) is 0.735. The highest BCUT2D eigenvalue weighted by atomic mass is 19.4. The number of piperidine rings is 1. The number of amides is 1. The van der Waals surface area contributed by atoms with Crippen LogP contribution in [0, 0.1) is 18.7 Å². The number of hydrogen-bond acceptors (Lipinski definition) is 7. The van der Waals surface area contributed by atoms with Gasteiger partial charge < -0.3 is 10.2 Å². The van der Waals surface area contributed by atoms with Crippen molar-refractivity contribution in [1.29, 1.82) is 0 Å². The number of alkyl halides is 3. The lowest BCUT2D eigenvalue weighted by Gasteiger charge is -2.34. The summed E-state index contributed by atoms with van der Waals surface area (Å²) >= 11 is 0. The van der Waals surface area contributed by atoms with E-state index in [4.69, 9.17) is 0 Å². The lowest BCUT2D eigenvalue weighted by molar-refractivity contribution is -0.141. The van der Waals surface area contributed by atoms with E-state index in [2.05, 4.69) is 30.2 Å². The average molecular weight is 473 g/mol. The predicted molar refractivity (Wildman–Crippen MR) is 112 cm³/mol. The molecule has 2 aliphatic rings. The lowest BCUT2D eigenvalue weighted by atomic mass is 10.0. The monoisotopic (exact) mass is 473 g/mol. The maximum Gasteiger partial charge on any atom is 0.434 e. The van der Waals surface area contributed by atoms with Crippen LogP contribution in [-0.4, -0.2) is 54.4 Å². The summed E-state index contributed by atoms with van der Waals surface area (Å²) in [5.74, 6) is -0.241. The van der Waals surface area contributed by atoms with Crippen LogP contribution in [-0.2, 0) is 6.18 Å². The second kappa shape index (κ2) is 8.26. The fourth-order valence-corrected chi connectivity index (χ4v) is 4.64. The summed E-state index contributed by atoms with van der Waals surface area (Å²) < 4.78 is 51.5. The van der Waals surface area contributed by atoms with Crippen molar-refractivity contribution in [2.24, 2.45) is 5.92 Å². The van der Waals surface area contributed by atoms with Gasteiger partial charge in [0.2, 0.25) is 0 Å². The largest absolute Gasteiger partial charge is 0.434 e. The highest BCUT2D eigenvalue weighted by Gasteiger charge is 2.47. The zero-order valence-electron chi connectivity index (χ0n) is 17.9. The Morgan fingerprint density at radius 2 is 1.82 bits per heavy atom. The zero-order valence-corrected chi connectivity index (χ0v) is 17.9. The Labute approximate surface area is 191 Å². The third-order valence-electron chi connectivity index (χ3n) is 6.12. The predicted octanol–water partition coefficient (Wildman–Crippen LogP) is 3.51. The van der Waals surface area contributed by atoms with E-state index in [1.807, 2.05) is 0 Å². The molecule has 176 valence electrons. The van der Waals surface area contributed by atoms with Gasteiger partial charge in [-0.3, -0.25) is 4.79 Å². The number of hydrogen-bond donors (Lipinski definition) is 1. The molecular weight excluding hydrogens is 454 g/mol. The molecular formula is C22H19F4N7O. The summed E-state index contributed by atoms with van der Waals surface area (Å²) in [6, 6.07) is 3.01. The van der Waals surface area contributed by atoms with Crippen molar-refractivity contribution in [2.75, 3.05) is 11.9 Å². The molecule has 8 nitrogen and oxygen atoms in total. The second-order valence-corrected chi connectivity index (χ2v) is 8.47. The quantitative estimate of drug-likeness (QED) is 0.580. The summed E-state index contributed by atoms with van der Waals surface area (Å²) in [5, 5.41) is 3.13. The molecule has 3 atom stereocenters. The molecule has 1 saturated carbocycles. The van der Waals surface area contributed by atoms with Crippen LogP contribution in [0.5, 0.6) is 0 Å². The van der Waals surface area contributed by atoms with Crippen LogP contribution in [0.4, 0.5) is 23.4 Å². The molecule has 2 bridgehead atoms. The summed E-state index contributed by atoms with van der Waals surface area (Å²) in [6.45, 7) is 2.32. The lowest BCUT2D eigenvalue weighted by Crippen LogP contribution is -2.48. The van der Waals surface area contributed by atoms with Gasteiger partial charge in [0.05, 0.1) is 36.4 Å². The number of carbonyl (C=O) groups excluding carboxylic acids is 1. The number of nitrogens with one attached hydrogen (secondary N) is 1. The third-order valence-corrected chi connectivity index (χ3v) is 6.12. The Kier molecular flexibility index (Phi) is 5.37. The van der Waals surface area contributed by atoms with Gasteiger partial charge in [0.15, 0.2) is 17.3 Å². The number of rotatable bonds is 4. The number of carbonyl (C=O) groups is 1. The molecule has 3 aromatic heterocycles. The van der Waals surface area contributed by atoms with Crippen LogP contribution in [0.2, 0.25) is 0 Å². The van der Waals surface area contributed by atoms with E-state index < -0.39 is 17.7 Å². The van der Waals surface area contributed by atoms with E-state index in [1.165, 1.54) is 0 Å². The minimum absolute atomic E-state index is 0.146. The SMILES string of the molecule is Cc1ccc(C(=O)N2C[C@H]3C[C@@H](Nc4cnc(C(F)(F)F)cn4)[C@@H]2C3)c(-c2ncc(F)cn2)n1. The number of halogens is 4. The minimum Gasteiger partial charge on any atom is -0.364 e. The number of fused-ring (bicyclic) bond motifs is 2. The molecule has 1 aliphatic heterocycles. The van der Waals surface area contributed by atoms with E-state index in [-0.39, 0.29) is 41.2 Å². The molecule has 0 radical (unpaired) electrons. The topological polar surface area (TPSA) is 96.8 Å².